The Hall–Kier alpha value is -2.46. The minimum absolute atomic E-state index is 0.201. The summed E-state index contributed by atoms with van der Waals surface area (Å²) in [4.78, 5) is 12.2. The van der Waals surface area contributed by atoms with Crippen molar-refractivity contribution in [2.75, 3.05) is 0 Å². The van der Waals surface area contributed by atoms with E-state index in [1.54, 1.807) is 23.6 Å². The smallest absolute Gasteiger partial charge is 0.267 e. The van der Waals surface area contributed by atoms with Crippen molar-refractivity contribution in [3.05, 3.63) is 70.4 Å². The number of hydrazone groups is 1. The summed E-state index contributed by atoms with van der Waals surface area (Å²) in [5.74, 6) is -0.201. The number of fused-ring (bicyclic) bond motifs is 1. The molecule has 0 saturated heterocycles. The number of nitrogens with one attached hydrogen (secondary N) is 1. The predicted molar refractivity (Wildman–Crippen MR) is 83.3 cm³/mol. The molecule has 1 aromatic heterocycles. The van der Waals surface area contributed by atoms with Crippen LogP contribution in [0.1, 0.15) is 15.9 Å². The highest BCUT2D eigenvalue weighted by Gasteiger charge is 2.08. The lowest BCUT2D eigenvalue weighted by molar-refractivity contribution is 0.0957. The van der Waals surface area contributed by atoms with Crippen molar-refractivity contribution in [1.29, 1.82) is 0 Å². The molecule has 0 fully saturated rings. The molecule has 0 bridgehead atoms. The molecular weight excluding hydrogens is 268 g/mol. The molecule has 1 N–H and O–H groups in total. The van der Waals surface area contributed by atoms with Crippen LogP contribution in [0.3, 0.4) is 0 Å². The van der Waals surface area contributed by atoms with Gasteiger partial charge in [-0.15, -0.1) is 0 Å². The van der Waals surface area contributed by atoms with Gasteiger partial charge in [-0.3, -0.25) is 4.79 Å². The quantitative estimate of drug-likeness (QED) is 0.577. The summed E-state index contributed by atoms with van der Waals surface area (Å²) in [5, 5.41) is 9.88. The predicted octanol–water partition coefficient (Wildman–Crippen LogP) is 3.67. The lowest BCUT2D eigenvalue weighted by atomic mass is 10.0. The van der Waals surface area contributed by atoms with Crippen molar-refractivity contribution in [1.82, 2.24) is 5.43 Å². The molecule has 2 aromatic carbocycles. The van der Waals surface area contributed by atoms with E-state index in [1.165, 1.54) is 0 Å². The first-order chi connectivity index (χ1) is 9.84. The van der Waals surface area contributed by atoms with Gasteiger partial charge in [-0.25, -0.2) is 5.43 Å². The second kappa shape index (κ2) is 5.67. The van der Waals surface area contributed by atoms with Gasteiger partial charge in [-0.2, -0.15) is 16.4 Å². The molecule has 0 unspecified atom stereocenters. The van der Waals surface area contributed by atoms with Gasteiger partial charge in [0.15, 0.2) is 0 Å². The van der Waals surface area contributed by atoms with Gasteiger partial charge in [0.1, 0.15) is 0 Å². The van der Waals surface area contributed by atoms with E-state index in [1.807, 2.05) is 53.2 Å². The van der Waals surface area contributed by atoms with Crippen LogP contribution >= 0.6 is 11.3 Å². The fourth-order valence-electron chi connectivity index (χ4n) is 2.00. The minimum atomic E-state index is -0.201. The Balaban J connectivity index is 1.82. The number of carbonyl (C=O) groups is 1. The molecule has 0 atom stereocenters. The molecule has 3 nitrogen and oxygen atoms in total. The van der Waals surface area contributed by atoms with Crippen molar-refractivity contribution >= 4 is 34.2 Å². The third-order valence-corrected chi connectivity index (χ3v) is 3.66. The van der Waals surface area contributed by atoms with E-state index in [0.717, 1.165) is 16.3 Å². The van der Waals surface area contributed by atoms with E-state index in [4.69, 9.17) is 0 Å². The Morgan fingerprint density at radius 1 is 1.10 bits per heavy atom. The van der Waals surface area contributed by atoms with Crippen LogP contribution in [0.2, 0.25) is 0 Å². The summed E-state index contributed by atoms with van der Waals surface area (Å²) in [5.41, 5.74) is 4.17. The maximum Gasteiger partial charge on any atom is 0.271 e. The summed E-state index contributed by atoms with van der Waals surface area (Å²) >= 11 is 1.59. The van der Waals surface area contributed by atoms with E-state index in [9.17, 15) is 4.79 Å². The van der Waals surface area contributed by atoms with Crippen LogP contribution in [0.5, 0.6) is 0 Å². The number of thiophene rings is 1. The van der Waals surface area contributed by atoms with E-state index in [2.05, 4.69) is 10.5 Å². The SMILES string of the molecule is O=C(N/N=C/c1ccsc1)c1cccc2ccccc12. The molecule has 0 aliphatic carbocycles. The first-order valence-corrected chi connectivity index (χ1v) is 7.12. The second-order valence-electron chi connectivity index (χ2n) is 4.28. The van der Waals surface area contributed by atoms with Crippen molar-refractivity contribution < 1.29 is 4.79 Å². The molecule has 0 aliphatic heterocycles. The fraction of sp³-hybridized carbons (Fsp3) is 0. The molecule has 4 heteroatoms. The molecule has 3 rings (SSSR count). The Morgan fingerprint density at radius 3 is 2.80 bits per heavy atom. The molecule has 0 aliphatic rings. The average molecular weight is 280 g/mol. The van der Waals surface area contributed by atoms with Crippen molar-refractivity contribution in [2.45, 2.75) is 0 Å². The lowest BCUT2D eigenvalue weighted by Gasteiger charge is -2.04. The van der Waals surface area contributed by atoms with Crippen LogP contribution in [0.25, 0.3) is 10.8 Å². The molecule has 1 amide bonds. The standard InChI is InChI=1S/C16H12N2OS/c19-16(18-17-10-12-8-9-20-11-12)15-7-3-5-13-4-1-2-6-14(13)15/h1-11H,(H,18,19)/b17-10+. The first kappa shape index (κ1) is 12.6. The molecule has 0 radical (unpaired) electrons. The summed E-state index contributed by atoms with van der Waals surface area (Å²) < 4.78 is 0. The summed E-state index contributed by atoms with van der Waals surface area (Å²) in [6, 6.07) is 15.4. The van der Waals surface area contributed by atoms with Gasteiger partial charge in [-0.05, 0) is 33.7 Å². The van der Waals surface area contributed by atoms with Gasteiger partial charge in [0, 0.05) is 11.1 Å². The highest BCUT2D eigenvalue weighted by molar-refractivity contribution is 7.08. The Morgan fingerprint density at radius 2 is 1.95 bits per heavy atom. The number of carbonyl (C=O) groups excluding carboxylic acids is 1. The van der Waals surface area contributed by atoms with Crippen LogP contribution < -0.4 is 5.43 Å². The van der Waals surface area contributed by atoms with E-state index < -0.39 is 0 Å². The summed E-state index contributed by atoms with van der Waals surface area (Å²) in [6.07, 6.45) is 1.64. The highest BCUT2D eigenvalue weighted by Crippen LogP contribution is 2.18. The second-order valence-corrected chi connectivity index (χ2v) is 5.06. The van der Waals surface area contributed by atoms with Crippen LogP contribution in [0.15, 0.2) is 64.4 Å². The zero-order chi connectivity index (χ0) is 13.8. The minimum Gasteiger partial charge on any atom is -0.267 e. The zero-order valence-corrected chi connectivity index (χ0v) is 11.4. The maximum atomic E-state index is 12.2. The van der Waals surface area contributed by atoms with E-state index >= 15 is 0 Å². The van der Waals surface area contributed by atoms with Crippen molar-refractivity contribution in [3.8, 4) is 0 Å². The molecule has 98 valence electrons. The van der Waals surface area contributed by atoms with Gasteiger partial charge in [0.25, 0.3) is 5.91 Å². The third-order valence-electron chi connectivity index (χ3n) is 2.96. The molecule has 1 heterocycles. The third kappa shape index (κ3) is 2.60. The van der Waals surface area contributed by atoms with Gasteiger partial charge in [0.05, 0.1) is 6.21 Å². The Labute approximate surface area is 120 Å². The largest absolute Gasteiger partial charge is 0.271 e. The van der Waals surface area contributed by atoms with Crippen LogP contribution in [0, 0.1) is 0 Å². The maximum absolute atomic E-state index is 12.2. The van der Waals surface area contributed by atoms with E-state index in [0.29, 0.717) is 5.56 Å². The average Bonchev–Trinajstić information content (AvgIpc) is 3.00. The Bertz CT molecular complexity index is 758. The topological polar surface area (TPSA) is 41.5 Å². The Kier molecular flexibility index (Phi) is 3.56. The van der Waals surface area contributed by atoms with Gasteiger partial charge < -0.3 is 0 Å². The molecule has 0 spiro atoms. The zero-order valence-electron chi connectivity index (χ0n) is 10.6. The lowest BCUT2D eigenvalue weighted by Crippen LogP contribution is -2.17. The number of amides is 1. The first-order valence-electron chi connectivity index (χ1n) is 6.18. The van der Waals surface area contributed by atoms with Gasteiger partial charge in [0.2, 0.25) is 0 Å². The molecule has 0 saturated carbocycles. The van der Waals surface area contributed by atoms with Crippen LogP contribution in [-0.4, -0.2) is 12.1 Å². The number of nitrogens with zero attached hydrogens (tertiary/aromatic N) is 1. The van der Waals surface area contributed by atoms with Gasteiger partial charge in [-0.1, -0.05) is 36.4 Å². The van der Waals surface area contributed by atoms with Crippen LogP contribution in [-0.2, 0) is 0 Å². The summed E-state index contributed by atoms with van der Waals surface area (Å²) in [7, 11) is 0. The molecule has 3 aromatic rings. The normalized spacial score (nSPS) is 11.0. The van der Waals surface area contributed by atoms with Crippen molar-refractivity contribution in [3.63, 3.8) is 0 Å². The highest BCUT2D eigenvalue weighted by atomic mass is 32.1. The van der Waals surface area contributed by atoms with E-state index in [-0.39, 0.29) is 5.91 Å². The number of benzene rings is 2. The molecule has 20 heavy (non-hydrogen) atoms. The van der Waals surface area contributed by atoms with Gasteiger partial charge >= 0.3 is 0 Å². The number of hydrogen-bond acceptors (Lipinski definition) is 3. The summed E-state index contributed by atoms with van der Waals surface area (Å²) in [6.45, 7) is 0. The molecular formula is C16H12N2OS. The monoisotopic (exact) mass is 280 g/mol. The number of rotatable bonds is 3. The fourth-order valence-corrected chi connectivity index (χ4v) is 2.61. The van der Waals surface area contributed by atoms with Crippen molar-refractivity contribution in [2.24, 2.45) is 5.10 Å². The van der Waals surface area contributed by atoms with Crippen LogP contribution in [0.4, 0.5) is 0 Å². The number of hydrogen-bond donors (Lipinski definition) is 1.